The van der Waals surface area contributed by atoms with Gasteiger partial charge in [-0.15, -0.1) is 23.4 Å². The molecule has 1 saturated carbocycles. The average molecular weight is 247 g/mol. The first-order chi connectivity index (χ1) is 6.75. The Labute approximate surface area is 99.0 Å². The van der Waals surface area contributed by atoms with Crippen molar-refractivity contribution in [3.8, 4) is 0 Å². The molecule has 1 fully saturated rings. The minimum Gasteiger partial charge on any atom is -0.122 e. The molecule has 0 N–H and O–H groups in total. The highest BCUT2D eigenvalue weighted by molar-refractivity contribution is 8.00. The smallest absolute Gasteiger partial charge is 0.0458 e. The van der Waals surface area contributed by atoms with Crippen molar-refractivity contribution in [3.63, 3.8) is 0 Å². The number of alkyl halides is 1. The van der Waals surface area contributed by atoms with Crippen LogP contribution in [0.5, 0.6) is 0 Å². The van der Waals surface area contributed by atoms with Crippen LogP contribution >= 0.6 is 35.0 Å². The van der Waals surface area contributed by atoms with Gasteiger partial charge in [-0.05, 0) is 37.1 Å². The average Bonchev–Trinajstić information content (AvgIpc) is 2.56. The van der Waals surface area contributed by atoms with E-state index >= 15 is 0 Å². The highest BCUT2D eigenvalue weighted by Gasteiger charge is 2.25. The number of hydrogen-bond acceptors (Lipinski definition) is 1. The van der Waals surface area contributed by atoms with Crippen LogP contribution in [0.15, 0.2) is 29.2 Å². The zero-order chi connectivity index (χ0) is 9.97. The van der Waals surface area contributed by atoms with E-state index in [0.29, 0.717) is 10.6 Å². The molecule has 0 heterocycles. The summed E-state index contributed by atoms with van der Waals surface area (Å²) in [6.45, 7) is 0. The molecule has 0 radical (unpaired) electrons. The maximum Gasteiger partial charge on any atom is 0.0458 e. The molecule has 1 aliphatic carbocycles. The van der Waals surface area contributed by atoms with Gasteiger partial charge >= 0.3 is 0 Å². The lowest BCUT2D eigenvalue weighted by Crippen LogP contribution is -2.08. The van der Waals surface area contributed by atoms with Crippen molar-refractivity contribution in [2.24, 2.45) is 0 Å². The van der Waals surface area contributed by atoms with Gasteiger partial charge in [0.25, 0.3) is 0 Å². The van der Waals surface area contributed by atoms with Crippen LogP contribution < -0.4 is 0 Å². The van der Waals surface area contributed by atoms with E-state index in [-0.39, 0.29) is 0 Å². The summed E-state index contributed by atoms with van der Waals surface area (Å²) in [5.41, 5.74) is 0. The Kier molecular flexibility index (Phi) is 3.64. The minimum absolute atomic E-state index is 0.343. The third-order valence-electron chi connectivity index (χ3n) is 2.47. The molecule has 3 heteroatoms. The summed E-state index contributed by atoms with van der Waals surface area (Å²) in [6, 6.07) is 7.99. The predicted octanol–water partition coefficient (Wildman–Crippen LogP) is 4.59. The fourth-order valence-electron chi connectivity index (χ4n) is 1.70. The highest BCUT2D eigenvalue weighted by atomic mass is 35.5. The number of thioether (sulfide) groups is 1. The van der Waals surface area contributed by atoms with E-state index in [4.69, 9.17) is 23.2 Å². The zero-order valence-electron chi connectivity index (χ0n) is 7.75. The van der Waals surface area contributed by atoms with Crippen LogP contribution in [0, 0.1) is 0 Å². The van der Waals surface area contributed by atoms with E-state index in [9.17, 15) is 0 Å². The highest BCUT2D eigenvalue weighted by Crippen LogP contribution is 2.37. The molecule has 1 aromatic rings. The number of rotatable bonds is 2. The van der Waals surface area contributed by atoms with Crippen LogP contribution in [0.3, 0.4) is 0 Å². The van der Waals surface area contributed by atoms with Gasteiger partial charge in [-0.25, -0.2) is 0 Å². The fraction of sp³-hybridized carbons (Fsp3) is 0.455. The maximum atomic E-state index is 6.21. The quantitative estimate of drug-likeness (QED) is 0.688. The number of halogens is 2. The lowest BCUT2D eigenvalue weighted by molar-refractivity contribution is 0.888. The molecule has 2 rings (SSSR count). The topological polar surface area (TPSA) is 0 Å². The molecule has 76 valence electrons. The minimum atomic E-state index is 0.343. The number of hydrogen-bond donors (Lipinski definition) is 0. The molecule has 1 aliphatic rings. The second kappa shape index (κ2) is 4.78. The van der Waals surface area contributed by atoms with Crippen LogP contribution in [0.25, 0.3) is 0 Å². The Bertz CT molecular complexity index is 297. The fourth-order valence-corrected chi connectivity index (χ4v) is 3.47. The van der Waals surface area contributed by atoms with Gasteiger partial charge in [0.2, 0.25) is 0 Å². The van der Waals surface area contributed by atoms with E-state index in [0.717, 1.165) is 11.4 Å². The summed E-state index contributed by atoms with van der Waals surface area (Å²) >= 11 is 13.9. The molecule has 0 amide bonds. The van der Waals surface area contributed by atoms with Crippen molar-refractivity contribution in [2.45, 2.75) is 34.8 Å². The summed E-state index contributed by atoms with van der Waals surface area (Å²) in [7, 11) is 0. The normalized spacial score (nSPS) is 26.7. The Hall–Kier alpha value is 0.150. The Morgan fingerprint density at radius 2 is 1.86 bits per heavy atom. The molecule has 0 aromatic heterocycles. The standard InChI is InChI=1S/C11H12Cl2S/c12-8-4-6-9(7-5-8)14-11-3-1-2-10(11)13/h4-7,10-11H,1-3H2/t10-,11+/m1/s1. The van der Waals surface area contributed by atoms with Gasteiger partial charge in [-0.3, -0.25) is 0 Å². The van der Waals surface area contributed by atoms with Gasteiger partial charge in [-0.1, -0.05) is 18.0 Å². The van der Waals surface area contributed by atoms with Crippen molar-refractivity contribution in [1.82, 2.24) is 0 Å². The van der Waals surface area contributed by atoms with Crippen LogP contribution in [-0.4, -0.2) is 10.6 Å². The van der Waals surface area contributed by atoms with Crippen LogP contribution in [0.1, 0.15) is 19.3 Å². The second-order valence-corrected chi connectivity index (χ2v) is 5.87. The second-order valence-electron chi connectivity index (χ2n) is 3.56. The molecule has 0 saturated heterocycles. The zero-order valence-corrected chi connectivity index (χ0v) is 10.1. The third-order valence-corrected chi connectivity index (χ3v) is 4.81. The Morgan fingerprint density at radius 3 is 2.43 bits per heavy atom. The summed E-state index contributed by atoms with van der Waals surface area (Å²) in [6.07, 6.45) is 3.66. The Morgan fingerprint density at radius 1 is 1.14 bits per heavy atom. The first-order valence-corrected chi connectivity index (χ1v) is 6.51. The van der Waals surface area contributed by atoms with E-state index < -0.39 is 0 Å². The molecule has 0 aliphatic heterocycles. The van der Waals surface area contributed by atoms with Crippen molar-refractivity contribution >= 4 is 35.0 Å². The van der Waals surface area contributed by atoms with Crippen molar-refractivity contribution < 1.29 is 0 Å². The molecule has 2 atom stereocenters. The predicted molar refractivity (Wildman–Crippen MR) is 64.6 cm³/mol. The SMILES string of the molecule is Clc1ccc(S[C@H]2CCC[C@H]2Cl)cc1. The van der Waals surface area contributed by atoms with Gasteiger partial charge in [0.1, 0.15) is 0 Å². The third kappa shape index (κ3) is 2.59. The lowest BCUT2D eigenvalue weighted by Gasteiger charge is -2.12. The summed E-state index contributed by atoms with van der Waals surface area (Å²) in [5, 5.41) is 1.72. The van der Waals surface area contributed by atoms with Crippen LogP contribution in [0.4, 0.5) is 0 Å². The van der Waals surface area contributed by atoms with Crippen molar-refractivity contribution in [3.05, 3.63) is 29.3 Å². The molecule has 0 nitrogen and oxygen atoms in total. The van der Waals surface area contributed by atoms with Crippen molar-refractivity contribution in [1.29, 1.82) is 0 Å². The van der Waals surface area contributed by atoms with E-state index in [1.165, 1.54) is 17.7 Å². The maximum absolute atomic E-state index is 6.21. The van der Waals surface area contributed by atoms with E-state index in [1.807, 2.05) is 23.9 Å². The molecule has 14 heavy (non-hydrogen) atoms. The Balaban J connectivity index is 2.00. The molecule has 0 unspecified atom stereocenters. The van der Waals surface area contributed by atoms with Gasteiger partial charge in [0.15, 0.2) is 0 Å². The first kappa shape index (κ1) is 10.7. The monoisotopic (exact) mass is 246 g/mol. The molecule has 1 aromatic carbocycles. The first-order valence-electron chi connectivity index (χ1n) is 4.82. The van der Waals surface area contributed by atoms with Crippen LogP contribution in [0.2, 0.25) is 5.02 Å². The summed E-state index contributed by atoms with van der Waals surface area (Å²) in [5.74, 6) is 0. The largest absolute Gasteiger partial charge is 0.122 e. The number of benzene rings is 1. The lowest BCUT2D eigenvalue weighted by atomic mass is 10.4. The van der Waals surface area contributed by atoms with Crippen molar-refractivity contribution in [2.75, 3.05) is 0 Å². The van der Waals surface area contributed by atoms with Gasteiger partial charge < -0.3 is 0 Å². The van der Waals surface area contributed by atoms with Gasteiger partial charge in [-0.2, -0.15) is 0 Å². The molecular formula is C11H12Cl2S. The van der Waals surface area contributed by atoms with Gasteiger partial charge in [0.05, 0.1) is 0 Å². The molecular weight excluding hydrogens is 235 g/mol. The van der Waals surface area contributed by atoms with Gasteiger partial charge in [0, 0.05) is 20.5 Å². The summed E-state index contributed by atoms with van der Waals surface area (Å²) in [4.78, 5) is 1.27. The molecule has 0 bridgehead atoms. The van der Waals surface area contributed by atoms with E-state index in [2.05, 4.69) is 12.1 Å². The van der Waals surface area contributed by atoms with Crippen LogP contribution in [-0.2, 0) is 0 Å². The summed E-state index contributed by atoms with van der Waals surface area (Å²) < 4.78 is 0. The van der Waals surface area contributed by atoms with E-state index in [1.54, 1.807) is 0 Å². The molecule has 0 spiro atoms.